The molecule has 0 aromatic carbocycles. The first kappa shape index (κ1) is 10.0. The largest absolute Gasteiger partial charge is 0.381 e. The highest BCUT2D eigenvalue weighted by Crippen LogP contribution is 2.18. The van der Waals surface area contributed by atoms with Gasteiger partial charge in [0.25, 0.3) is 0 Å². The number of hydrogen-bond acceptors (Lipinski definition) is 5. The van der Waals surface area contributed by atoms with Gasteiger partial charge < -0.3 is 10.5 Å². The van der Waals surface area contributed by atoms with E-state index in [1.165, 1.54) is 18.1 Å². The quantitative estimate of drug-likeness (QED) is 0.808. The Morgan fingerprint density at radius 2 is 2.64 bits per heavy atom. The Hall–Kier alpha value is -0.520. The molecule has 2 rings (SSSR count). The van der Waals surface area contributed by atoms with Gasteiger partial charge in [0.05, 0.1) is 30.2 Å². The van der Waals surface area contributed by atoms with Crippen molar-refractivity contribution in [3.8, 4) is 0 Å². The lowest BCUT2D eigenvalue weighted by Crippen LogP contribution is -2.37. The van der Waals surface area contributed by atoms with Gasteiger partial charge in [-0.25, -0.2) is 0 Å². The molecule has 1 aromatic heterocycles. The molecule has 1 aliphatic heterocycles. The van der Waals surface area contributed by atoms with E-state index in [1.807, 2.05) is 0 Å². The lowest BCUT2D eigenvalue weighted by molar-refractivity contribution is 0.0449. The molecule has 14 heavy (non-hydrogen) atoms. The first-order valence-corrected chi connectivity index (χ1v) is 5.69. The summed E-state index contributed by atoms with van der Waals surface area (Å²) in [5, 5.41) is 0. The molecule has 5 heteroatoms. The SMILES string of the molecule is NC(Cc1cnsn1)C1CCCOC1. The zero-order chi connectivity index (χ0) is 9.80. The van der Waals surface area contributed by atoms with Crippen LogP contribution in [0.5, 0.6) is 0 Å². The second-order valence-electron chi connectivity index (χ2n) is 3.74. The maximum atomic E-state index is 6.10. The second kappa shape index (κ2) is 4.82. The number of ether oxygens (including phenoxy) is 1. The molecular formula is C9H15N3OS. The normalized spacial score (nSPS) is 24.8. The molecule has 0 bridgehead atoms. The summed E-state index contributed by atoms with van der Waals surface area (Å²) in [6.07, 6.45) is 4.94. The first-order chi connectivity index (χ1) is 6.86. The lowest BCUT2D eigenvalue weighted by Gasteiger charge is -2.26. The third kappa shape index (κ3) is 2.50. The topological polar surface area (TPSA) is 61.0 Å². The Kier molecular flexibility index (Phi) is 3.44. The Balaban J connectivity index is 1.85. The van der Waals surface area contributed by atoms with Crippen LogP contribution in [0.15, 0.2) is 6.20 Å². The van der Waals surface area contributed by atoms with Crippen LogP contribution in [0.25, 0.3) is 0 Å². The molecule has 0 amide bonds. The van der Waals surface area contributed by atoms with E-state index in [9.17, 15) is 0 Å². The van der Waals surface area contributed by atoms with Crippen LogP contribution in [0.4, 0.5) is 0 Å². The smallest absolute Gasteiger partial charge is 0.0758 e. The van der Waals surface area contributed by atoms with Crippen molar-refractivity contribution in [1.29, 1.82) is 0 Å². The van der Waals surface area contributed by atoms with Crippen molar-refractivity contribution in [2.75, 3.05) is 13.2 Å². The first-order valence-electron chi connectivity index (χ1n) is 4.96. The maximum absolute atomic E-state index is 6.10. The highest BCUT2D eigenvalue weighted by atomic mass is 32.1. The van der Waals surface area contributed by atoms with Crippen molar-refractivity contribution in [2.24, 2.45) is 11.7 Å². The Labute approximate surface area is 87.8 Å². The van der Waals surface area contributed by atoms with Crippen molar-refractivity contribution < 1.29 is 4.74 Å². The van der Waals surface area contributed by atoms with Gasteiger partial charge in [0.1, 0.15) is 0 Å². The van der Waals surface area contributed by atoms with Crippen molar-refractivity contribution in [3.63, 3.8) is 0 Å². The minimum absolute atomic E-state index is 0.166. The second-order valence-corrected chi connectivity index (χ2v) is 4.30. The number of nitrogens with zero attached hydrogens (tertiary/aromatic N) is 2. The van der Waals surface area contributed by atoms with E-state index < -0.39 is 0 Å². The molecule has 2 heterocycles. The third-order valence-electron chi connectivity index (χ3n) is 2.65. The van der Waals surface area contributed by atoms with E-state index in [2.05, 4.69) is 8.75 Å². The predicted molar refractivity (Wildman–Crippen MR) is 55.1 cm³/mol. The molecule has 2 N–H and O–H groups in total. The maximum Gasteiger partial charge on any atom is 0.0758 e. The lowest BCUT2D eigenvalue weighted by atomic mass is 9.91. The minimum atomic E-state index is 0.166. The fourth-order valence-corrected chi connectivity index (χ4v) is 2.23. The van der Waals surface area contributed by atoms with Crippen LogP contribution >= 0.6 is 11.7 Å². The highest BCUT2D eigenvalue weighted by Gasteiger charge is 2.21. The van der Waals surface area contributed by atoms with E-state index in [0.29, 0.717) is 5.92 Å². The number of hydrogen-bond donors (Lipinski definition) is 1. The van der Waals surface area contributed by atoms with E-state index >= 15 is 0 Å². The molecule has 0 radical (unpaired) electrons. The van der Waals surface area contributed by atoms with Crippen LogP contribution in [-0.4, -0.2) is 28.0 Å². The van der Waals surface area contributed by atoms with E-state index in [4.69, 9.17) is 10.5 Å². The number of nitrogens with two attached hydrogens (primary N) is 1. The van der Waals surface area contributed by atoms with Crippen LogP contribution in [0.1, 0.15) is 18.5 Å². The van der Waals surface area contributed by atoms with Gasteiger partial charge in [-0.2, -0.15) is 8.75 Å². The average Bonchev–Trinajstić information content (AvgIpc) is 2.72. The van der Waals surface area contributed by atoms with Gasteiger partial charge >= 0.3 is 0 Å². The third-order valence-corrected chi connectivity index (χ3v) is 3.17. The predicted octanol–water partition coefficient (Wildman–Crippen LogP) is 0.835. The van der Waals surface area contributed by atoms with E-state index in [0.717, 1.165) is 31.7 Å². The van der Waals surface area contributed by atoms with Crippen LogP contribution < -0.4 is 5.73 Å². The molecule has 1 saturated heterocycles. The van der Waals surface area contributed by atoms with Gasteiger partial charge in [-0.1, -0.05) is 0 Å². The van der Waals surface area contributed by atoms with Gasteiger partial charge in [0.15, 0.2) is 0 Å². The van der Waals surface area contributed by atoms with Gasteiger partial charge in [-0.05, 0) is 18.8 Å². The summed E-state index contributed by atoms with van der Waals surface area (Å²) in [7, 11) is 0. The zero-order valence-corrected chi connectivity index (χ0v) is 8.87. The molecule has 4 nitrogen and oxygen atoms in total. The van der Waals surface area contributed by atoms with Crippen LogP contribution in [0.3, 0.4) is 0 Å². The van der Waals surface area contributed by atoms with E-state index in [-0.39, 0.29) is 6.04 Å². The fourth-order valence-electron chi connectivity index (χ4n) is 1.79. The summed E-state index contributed by atoms with van der Waals surface area (Å²) in [6.45, 7) is 1.69. The molecule has 1 fully saturated rings. The molecule has 2 unspecified atom stereocenters. The number of rotatable bonds is 3. The van der Waals surface area contributed by atoms with Crippen molar-refractivity contribution in [2.45, 2.75) is 25.3 Å². The summed E-state index contributed by atoms with van der Waals surface area (Å²) >= 11 is 1.24. The summed E-state index contributed by atoms with van der Waals surface area (Å²) in [6, 6.07) is 0.166. The molecule has 1 aliphatic rings. The summed E-state index contributed by atoms with van der Waals surface area (Å²) < 4.78 is 13.5. The monoisotopic (exact) mass is 213 g/mol. The Morgan fingerprint density at radius 1 is 1.71 bits per heavy atom. The Bertz CT molecular complexity index is 259. The minimum Gasteiger partial charge on any atom is -0.381 e. The molecule has 1 aromatic rings. The van der Waals surface area contributed by atoms with E-state index in [1.54, 1.807) is 6.20 Å². The zero-order valence-electron chi connectivity index (χ0n) is 8.06. The molecular weight excluding hydrogens is 198 g/mol. The highest BCUT2D eigenvalue weighted by molar-refractivity contribution is 6.99. The van der Waals surface area contributed by atoms with Crippen molar-refractivity contribution >= 4 is 11.7 Å². The standard InChI is InChI=1S/C9H15N3OS/c10-9(4-8-5-11-14-12-8)7-2-1-3-13-6-7/h5,7,9H,1-4,6,10H2. The van der Waals surface area contributed by atoms with Crippen molar-refractivity contribution in [3.05, 3.63) is 11.9 Å². The van der Waals surface area contributed by atoms with Crippen LogP contribution in [0, 0.1) is 5.92 Å². The van der Waals surface area contributed by atoms with Crippen LogP contribution in [-0.2, 0) is 11.2 Å². The van der Waals surface area contributed by atoms with Crippen molar-refractivity contribution in [1.82, 2.24) is 8.75 Å². The van der Waals surface area contributed by atoms with Gasteiger partial charge in [-0.15, -0.1) is 0 Å². The van der Waals surface area contributed by atoms with Gasteiger partial charge in [0.2, 0.25) is 0 Å². The summed E-state index contributed by atoms with van der Waals surface area (Å²) in [4.78, 5) is 0. The van der Waals surface area contributed by atoms with Gasteiger partial charge in [0, 0.05) is 19.1 Å². The molecule has 2 atom stereocenters. The summed E-state index contributed by atoms with van der Waals surface area (Å²) in [5.41, 5.74) is 7.10. The van der Waals surface area contributed by atoms with Gasteiger partial charge in [-0.3, -0.25) is 0 Å². The fraction of sp³-hybridized carbons (Fsp3) is 0.778. The summed E-state index contributed by atoms with van der Waals surface area (Å²) in [5.74, 6) is 0.491. The average molecular weight is 213 g/mol. The molecule has 0 aliphatic carbocycles. The molecule has 78 valence electrons. The van der Waals surface area contributed by atoms with Crippen LogP contribution in [0.2, 0.25) is 0 Å². The molecule has 0 saturated carbocycles. The molecule has 0 spiro atoms. The Morgan fingerprint density at radius 3 is 3.29 bits per heavy atom. The number of aromatic nitrogens is 2.